The van der Waals surface area contributed by atoms with Gasteiger partial charge in [-0.1, -0.05) is 61.0 Å². The summed E-state index contributed by atoms with van der Waals surface area (Å²) in [4.78, 5) is 22.5. The van der Waals surface area contributed by atoms with Crippen LogP contribution in [0.3, 0.4) is 0 Å². The van der Waals surface area contributed by atoms with Crippen LogP contribution in [-0.4, -0.2) is 47.9 Å². The molecule has 0 spiro atoms. The molecule has 0 bridgehead atoms. The Morgan fingerprint density at radius 2 is 1.55 bits per heavy atom. The lowest BCUT2D eigenvalue weighted by Crippen LogP contribution is -2.37. The maximum Gasteiger partial charge on any atom is 0.159 e. The molecular formula is C36H39N5O. The number of rotatable bonds is 8. The molecule has 0 amide bonds. The van der Waals surface area contributed by atoms with Gasteiger partial charge in [0.25, 0.3) is 0 Å². The van der Waals surface area contributed by atoms with E-state index >= 15 is 0 Å². The van der Waals surface area contributed by atoms with E-state index in [0.717, 1.165) is 36.4 Å². The van der Waals surface area contributed by atoms with E-state index in [1.165, 1.54) is 60.3 Å². The summed E-state index contributed by atoms with van der Waals surface area (Å²) in [5.41, 5.74) is 9.29. The van der Waals surface area contributed by atoms with Gasteiger partial charge in [-0.25, -0.2) is 0 Å². The van der Waals surface area contributed by atoms with E-state index in [0.29, 0.717) is 12.8 Å². The fourth-order valence-corrected chi connectivity index (χ4v) is 6.79. The Labute approximate surface area is 248 Å². The number of fused-ring (bicyclic) bond motifs is 2. The Morgan fingerprint density at radius 3 is 2.33 bits per heavy atom. The molecule has 3 aromatic carbocycles. The summed E-state index contributed by atoms with van der Waals surface area (Å²) < 4.78 is 0. The van der Waals surface area contributed by atoms with Gasteiger partial charge in [0.05, 0.1) is 17.4 Å². The van der Waals surface area contributed by atoms with Crippen LogP contribution in [0.25, 0.3) is 11.1 Å². The fourth-order valence-electron chi connectivity index (χ4n) is 6.79. The predicted molar refractivity (Wildman–Crippen MR) is 171 cm³/mol. The molecule has 1 aromatic heterocycles. The molecule has 1 fully saturated rings. The van der Waals surface area contributed by atoms with Gasteiger partial charge < -0.3 is 20.4 Å². The lowest BCUT2D eigenvalue weighted by Gasteiger charge is -2.31. The van der Waals surface area contributed by atoms with Crippen LogP contribution >= 0.6 is 0 Å². The molecule has 2 unspecified atom stereocenters. The number of piperidine rings is 1. The smallest absolute Gasteiger partial charge is 0.159 e. The number of likely N-dealkylation sites (tertiary alicyclic amines) is 1. The normalized spacial score (nSPS) is 20.0. The number of hydrogen-bond acceptors (Lipinski definition) is 6. The van der Waals surface area contributed by atoms with Crippen molar-refractivity contribution in [3.8, 4) is 11.1 Å². The third-order valence-corrected chi connectivity index (χ3v) is 9.06. The molecule has 4 aromatic rings. The van der Waals surface area contributed by atoms with Crippen LogP contribution in [0, 0.1) is 0 Å². The minimum atomic E-state index is -0.198. The van der Waals surface area contributed by atoms with Crippen molar-refractivity contribution in [2.24, 2.45) is 0 Å². The van der Waals surface area contributed by atoms with E-state index in [9.17, 15) is 4.79 Å². The van der Waals surface area contributed by atoms with Gasteiger partial charge in [-0.05, 0) is 97.4 Å². The molecule has 42 heavy (non-hydrogen) atoms. The van der Waals surface area contributed by atoms with E-state index in [1.807, 2.05) is 30.6 Å². The number of aromatic nitrogens is 1. The number of nitrogens with zero attached hydrogens (tertiary/aromatic N) is 3. The van der Waals surface area contributed by atoms with Crippen molar-refractivity contribution in [3.05, 3.63) is 108 Å². The molecule has 0 saturated carbocycles. The predicted octanol–water partition coefficient (Wildman–Crippen LogP) is 6.70. The Hall–Kier alpha value is -4.16. The van der Waals surface area contributed by atoms with Crippen LogP contribution < -0.4 is 15.5 Å². The zero-order chi connectivity index (χ0) is 28.3. The Kier molecular flexibility index (Phi) is 7.62. The zero-order valence-electron chi connectivity index (χ0n) is 24.1. The summed E-state index contributed by atoms with van der Waals surface area (Å²) in [6.07, 6.45) is 10.0. The highest BCUT2D eigenvalue weighted by molar-refractivity contribution is 5.95. The van der Waals surface area contributed by atoms with Gasteiger partial charge in [-0.2, -0.15) is 0 Å². The first-order valence-corrected chi connectivity index (χ1v) is 15.5. The molecule has 2 N–H and O–H groups in total. The lowest BCUT2D eigenvalue weighted by atomic mass is 9.92. The molecule has 6 nitrogen and oxygen atoms in total. The van der Waals surface area contributed by atoms with E-state index in [-0.39, 0.29) is 18.0 Å². The van der Waals surface area contributed by atoms with Gasteiger partial charge in [0.1, 0.15) is 6.17 Å². The SMILES string of the molecule is O=C1Cc2cc3c(cc2NC1Cc1ccccc1)N(CCCN1CCCCC1)C(c1ccc(-c2ccncc2)cc1)N3. The monoisotopic (exact) mass is 557 g/mol. The highest BCUT2D eigenvalue weighted by Crippen LogP contribution is 2.45. The molecule has 0 radical (unpaired) electrons. The Bertz CT molecular complexity index is 1520. The number of benzene rings is 3. The Balaban J connectivity index is 1.15. The summed E-state index contributed by atoms with van der Waals surface area (Å²) in [6, 6.07) is 27.6. The van der Waals surface area contributed by atoms with Gasteiger partial charge in [0.2, 0.25) is 0 Å². The van der Waals surface area contributed by atoms with Crippen molar-refractivity contribution in [2.45, 2.75) is 50.7 Å². The van der Waals surface area contributed by atoms with Gasteiger partial charge >= 0.3 is 0 Å². The maximum absolute atomic E-state index is 13.2. The van der Waals surface area contributed by atoms with Gasteiger partial charge in [-0.3, -0.25) is 9.78 Å². The summed E-state index contributed by atoms with van der Waals surface area (Å²) in [5, 5.41) is 7.44. The van der Waals surface area contributed by atoms with Crippen LogP contribution in [0.15, 0.2) is 91.3 Å². The van der Waals surface area contributed by atoms with E-state index in [1.54, 1.807) is 0 Å². The Morgan fingerprint density at radius 1 is 0.786 bits per heavy atom. The first kappa shape index (κ1) is 26.7. The number of ketones is 1. The van der Waals surface area contributed by atoms with Gasteiger partial charge in [0, 0.05) is 31.0 Å². The molecule has 3 aliphatic rings. The van der Waals surface area contributed by atoms with Crippen molar-refractivity contribution in [2.75, 3.05) is 41.7 Å². The van der Waals surface area contributed by atoms with Crippen LogP contribution in [0.1, 0.15) is 48.5 Å². The average Bonchev–Trinajstić information content (AvgIpc) is 3.39. The second kappa shape index (κ2) is 12.0. The van der Waals surface area contributed by atoms with Crippen LogP contribution in [0.2, 0.25) is 0 Å². The standard InChI is InChI=1S/C36H39N5O/c42-35-24-30-23-32-34(25-31(30)38-33(35)22-26-8-3-1-4-9-26)41(21-7-20-40-18-5-2-6-19-40)36(39-32)29-12-10-27(11-13-29)28-14-16-37-17-15-28/h1,3-4,8-17,23,25,33,36,38-39H,2,5-7,18-22,24H2. The minimum absolute atomic E-state index is 0.0486. The second-order valence-electron chi connectivity index (χ2n) is 11.9. The first-order valence-electron chi connectivity index (χ1n) is 15.5. The van der Waals surface area contributed by atoms with E-state index in [2.05, 4.69) is 86.1 Å². The number of pyridine rings is 1. The highest BCUT2D eigenvalue weighted by Gasteiger charge is 2.34. The molecule has 7 rings (SSSR count). The second-order valence-corrected chi connectivity index (χ2v) is 11.9. The minimum Gasteiger partial charge on any atom is -0.375 e. The number of carbonyl (C=O) groups is 1. The fraction of sp³-hybridized carbons (Fsp3) is 0.333. The number of carbonyl (C=O) groups excluding carboxylic acids is 1. The van der Waals surface area contributed by atoms with Crippen molar-refractivity contribution in [1.82, 2.24) is 9.88 Å². The number of anilines is 3. The van der Waals surface area contributed by atoms with Crippen molar-refractivity contribution < 1.29 is 4.79 Å². The molecule has 6 heteroatoms. The molecule has 3 aliphatic heterocycles. The number of hydrogen-bond donors (Lipinski definition) is 2. The van der Waals surface area contributed by atoms with Gasteiger partial charge in [0.15, 0.2) is 5.78 Å². The molecule has 214 valence electrons. The molecule has 1 saturated heterocycles. The van der Waals surface area contributed by atoms with Crippen LogP contribution in [-0.2, 0) is 17.6 Å². The maximum atomic E-state index is 13.2. The molecule has 0 aliphatic carbocycles. The summed E-state index contributed by atoms with van der Waals surface area (Å²) in [7, 11) is 0. The highest BCUT2D eigenvalue weighted by atomic mass is 16.1. The summed E-state index contributed by atoms with van der Waals surface area (Å²) in [6.45, 7) is 4.56. The van der Waals surface area contributed by atoms with E-state index in [4.69, 9.17) is 0 Å². The third kappa shape index (κ3) is 5.64. The van der Waals surface area contributed by atoms with Gasteiger partial charge in [-0.15, -0.1) is 0 Å². The zero-order valence-corrected chi connectivity index (χ0v) is 24.1. The van der Waals surface area contributed by atoms with Crippen molar-refractivity contribution in [1.29, 1.82) is 0 Å². The van der Waals surface area contributed by atoms with Crippen LogP contribution in [0.4, 0.5) is 17.1 Å². The summed E-state index contributed by atoms with van der Waals surface area (Å²) in [5.74, 6) is 0.255. The van der Waals surface area contributed by atoms with Crippen molar-refractivity contribution >= 4 is 22.8 Å². The largest absolute Gasteiger partial charge is 0.375 e. The lowest BCUT2D eigenvalue weighted by molar-refractivity contribution is -0.119. The average molecular weight is 558 g/mol. The topological polar surface area (TPSA) is 60.5 Å². The number of Topliss-reactive ketones (excluding diaryl/α,β-unsaturated/α-hetero) is 1. The molecular weight excluding hydrogens is 518 g/mol. The van der Waals surface area contributed by atoms with E-state index < -0.39 is 0 Å². The third-order valence-electron chi connectivity index (χ3n) is 9.06. The van der Waals surface area contributed by atoms with Crippen LogP contribution in [0.5, 0.6) is 0 Å². The molecule has 4 heterocycles. The first-order chi connectivity index (χ1) is 20.7. The molecule has 2 atom stereocenters. The number of nitrogens with one attached hydrogen (secondary N) is 2. The summed E-state index contributed by atoms with van der Waals surface area (Å²) >= 11 is 0. The van der Waals surface area contributed by atoms with Crippen molar-refractivity contribution in [3.63, 3.8) is 0 Å². The quantitative estimate of drug-likeness (QED) is 0.251.